The number of nitrogens with two attached hydrogens (primary N) is 1. The highest BCUT2D eigenvalue weighted by Crippen LogP contribution is 2.20. The fourth-order valence-electron chi connectivity index (χ4n) is 0.834. The van der Waals surface area contributed by atoms with Gasteiger partial charge in [0.1, 0.15) is 0 Å². The summed E-state index contributed by atoms with van der Waals surface area (Å²) in [5.41, 5.74) is 4.92. The summed E-state index contributed by atoms with van der Waals surface area (Å²) in [5, 5.41) is 0. The highest BCUT2D eigenvalue weighted by molar-refractivity contribution is 5.97. The van der Waals surface area contributed by atoms with Crippen LogP contribution in [0.3, 0.4) is 0 Å². The zero-order valence-corrected chi connectivity index (χ0v) is 7.33. The van der Waals surface area contributed by atoms with Crippen LogP contribution in [0.4, 0.5) is 0 Å². The normalized spacial score (nSPS) is 11.6. The van der Waals surface area contributed by atoms with Crippen molar-refractivity contribution in [3.63, 3.8) is 0 Å². The van der Waals surface area contributed by atoms with Crippen molar-refractivity contribution in [1.29, 1.82) is 0 Å². The van der Waals surface area contributed by atoms with Gasteiger partial charge in [0.05, 0.1) is 6.26 Å². The lowest BCUT2D eigenvalue weighted by atomic mass is 9.87. The molecule has 0 aliphatic carbocycles. The van der Waals surface area contributed by atoms with Gasteiger partial charge in [-0.25, -0.2) is 0 Å². The van der Waals surface area contributed by atoms with Crippen molar-refractivity contribution < 1.29 is 9.21 Å². The second-order valence-electron chi connectivity index (χ2n) is 3.39. The highest BCUT2D eigenvalue weighted by Gasteiger charge is 2.28. The lowest BCUT2D eigenvalue weighted by Gasteiger charge is -2.18. The molecule has 2 N–H and O–H groups in total. The van der Waals surface area contributed by atoms with Crippen LogP contribution in [0.5, 0.6) is 0 Å². The van der Waals surface area contributed by atoms with Gasteiger partial charge < -0.3 is 10.2 Å². The topological polar surface area (TPSA) is 56.2 Å². The van der Waals surface area contributed by atoms with Gasteiger partial charge in [-0.05, 0) is 12.1 Å². The molecule has 0 spiro atoms. The molecular weight excluding hydrogens is 154 g/mol. The monoisotopic (exact) mass is 167 g/mol. The summed E-state index contributed by atoms with van der Waals surface area (Å²) in [4.78, 5) is 11.6. The summed E-state index contributed by atoms with van der Waals surface area (Å²) in [6.07, 6.45) is 1.49. The molecule has 1 heterocycles. The minimum Gasteiger partial charge on any atom is -0.461 e. The van der Waals surface area contributed by atoms with E-state index in [0.717, 1.165) is 0 Å². The number of carbonyl (C=O) groups excluding carboxylic acids is 1. The number of carbonyl (C=O) groups is 1. The quantitative estimate of drug-likeness (QED) is 0.693. The maximum Gasteiger partial charge on any atom is 0.204 e. The molecule has 0 bridgehead atoms. The molecule has 66 valence electrons. The lowest BCUT2D eigenvalue weighted by molar-refractivity contribution is 0.0817. The Kier molecular flexibility index (Phi) is 2.33. The van der Waals surface area contributed by atoms with Crippen LogP contribution in [0.15, 0.2) is 22.8 Å². The van der Waals surface area contributed by atoms with E-state index in [-0.39, 0.29) is 5.78 Å². The molecule has 0 radical (unpaired) electrons. The molecule has 1 aromatic rings. The molecule has 3 heteroatoms. The van der Waals surface area contributed by atoms with Crippen LogP contribution in [0.2, 0.25) is 0 Å². The zero-order chi connectivity index (χ0) is 9.19. The van der Waals surface area contributed by atoms with Gasteiger partial charge in [-0.2, -0.15) is 0 Å². The first-order chi connectivity index (χ1) is 5.58. The van der Waals surface area contributed by atoms with Crippen molar-refractivity contribution in [1.82, 2.24) is 0 Å². The molecule has 0 aliphatic heterocycles. The Bertz CT molecular complexity index is 262. The van der Waals surface area contributed by atoms with Crippen molar-refractivity contribution in [3.05, 3.63) is 24.2 Å². The van der Waals surface area contributed by atoms with Crippen LogP contribution in [-0.4, -0.2) is 12.3 Å². The second kappa shape index (κ2) is 3.11. The van der Waals surface area contributed by atoms with Crippen LogP contribution in [0, 0.1) is 5.41 Å². The van der Waals surface area contributed by atoms with Gasteiger partial charge in [-0.3, -0.25) is 4.79 Å². The average molecular weight is 167 g/mol. The van der Waals surface area contributed by atoms with Gasteiger partial charge in [0.2, 0.25) is 5.78 Å². The molecule has 0 fully saturated rings. The molecule has 0 aliphatic rings. The minimum atomic E-state index is -0.530. The molecule has 1 aromatic heterocycles. The maximum atomic E-state index is 11.6. The number of Topliss-reactive ketones (excluding diaryl/α,β-unsaturated/α-hetero) is 1. The number of hydrogen-bond donors (Lipinski definition) is 1. The maximum absolute atomic E-state index is 11.6. The SMILES string of the molecule is CC(C)(CN)C(=O)c1ccco1. The first kappa shape index (κ1) is 9.00. The molecule has 0 saturated carbocycles. The first-order valence-electron chi connectivity index (χ1n) is 3.86. The number of rotatable bonds is 3. The van der Waals surface area contributed by atoms with E-state index < -0.39 is 5.41 Å². The largest absolute Gasteiger partial charge is 0.461 e. The molecular formula is C9H13NO2. The van der Waals surface area contributed by atoms with Crippen molar-refractivity contribution >= 4 is 5.78 Å². The fourth-order valence-corrected chi connectivity index (χ4v) is 0.834. The number of ketones is 1. The van der Waals surface area contributed by atoms with Crippen molar-refractivity contribution in [2.45, 2.75) is 13.8 Å². The summed E-state index contributed by atoms with van der Waals surface area (Å²) in [7, 11) is 0. The summed E-state index contributed by atoms with van der Waals surface area (Å²) < 4.78 is 4.98. The lowest BCUT2D eigenvalue weighted by Crippen LogP contribution is -2.32. The van der Waals surface area contributed by atoms with Gasteiger partial charge in [0.15, 0.2) is 5.76 Å². The van der Waals surface area contributed by atoms with Crippen LogP contribution in [0.1, 0.15) is 24.4 Å². The minimum absolute atomic E-state index is 0.0463. The van der Waals surface area contributed by atoms with Crippen molar-refractivity contribution in [3.8, 4) is 0 Å². The van der Waals surface area contributed by atoms with E-state index in [2.05, 4.69) is 0 Å². The van der Waals surface area contributed by atoms with E-state index in [1.165, 1.54) is 6.26 Å². The third kappa shape index (κ3) is 1.56. The standard InChI is InChI=1S/C9H13NO2/c1-9(2,6-10)8(11)7-4-3-5-12-7/h3-5H,6,10H2,1-2H3. The Morgan fingerprint density at radius 2 is 2.33 bits per heavy atom. The molecule has 0 unspecified atom stereocenters. The first-order valence-corrected chi connectivity index (χ1v) is 3.86. The van der Waals surface area contributed by atoms with Gasteiger partial charge in [0.25, 0.3) is 0 Å². The summed E-state index contributed by atoms with van der Waals surface area (Å²) in [6, 6.07) is 3.35. The van der Waals surface area contributed by atoms with Crippen LogP contribution in [0.25, 0.3) is 0 Å². The molecule has 1 rings (SSSR count). The fraction of sp³-hybridized carbons (Fsp3) is 0.444. The summed E-state index contributed by atoms with van der Waals surface area (Å²) in [6.45, 7) is 3.93. The number of furan rings is 1. The molecule has 0 saturated heterocycles. The molecule has 3 nitrogen and oxygen atoms in total. The predicted molar refractivity (Wildman–Crippen MR) is 45.9 cm³/mol. The Morgan fingerprint density at radius 1 is 1.67 bits per heavy atom. The van der Waals surface area contributed by atoms with E-state index in [1.807, 2.05) is 0 Å². The van der Waals surface area contributed by atoms with Crippen LogP contribution in [-0.2, 0) is 0 Å². The van der Waals surface area contributed by atoms with E-state index in [9.17, 15) is 4.79 Å². The zero-order valence-electron chi connectivity index (χ0n) is 7.33. The van der Waals surface area contributed by atoms with Gasteiger partial charge in [0, 0.05) is 12.0 Å². The highest BCUT2D eigenvalue weighted by atomic mass is 16.3. The molecule has 0 aromatic carbocycles. The Balaban J connectivity index is 2.86. The third-order valence-electron chi connectivity index (χ3n) is 1.87. The van der Waals surface area contributed by atoms with Crippen molar-refractivity contribution in [2.75, 3.05) is 6.54 Å². The average Bonchev–Trinajstić information content (AvgIpc) is 2.55. The predicted octanol–water partition coefficient (Wildman–Crippen LogP) is 1.45. The molecule has 0 atom stereocenters. The van der Waals surface area contributed by atoms with Gasteiger partial charge in [-0.15, -0.1) is 0 Å². The Hall–Kier alpha value is -1.09. The number of hydrogen-bond acceptors (Lipinski definition) is 3. The second-order valence-corrected chi connectivity index (χ2v) is 3.39. The summed E-state index contributed by atoms with van der Waals surface area (Å²) >= 11 is 0. The third-order valence-corrected chi connectivity index (χ3v) is 1.87. The Labute approximate surface area is 71.6 Å². The van der Waals surface area contributed by atoms with E-state index in [0.29, 0.717) is 12.3 Å². The Morgan fingerprint density at radius 3 is 2.75 bits per heavy atom. The van der Waals surface area contributed by atoms with Gasteiger partial charge in [-0.1, -0.05) is 13.8 Å². The van der Waals surface area contributed by atoms with E-state index in [1.54, 1.807) is 26.0 Å². The summed E-state index contributed by atoms with van der Waals surface area (Å²) in [5.74, 6) is 0.334. The molecule has 12 heavy (non-hydrogen) atoms. The molecule has 0 amide bonds. The van der Waals surface area contributed by atoms with E-state index >= 15 is 0 Å². The smallest absolute Gasteiger partial charge is 0.204 e. The van der Waals surface area contributed by atoms with Gasteiger partial charge >= 0.3 is 0 Å². The van der Waals surface area contributed by atoms with Crippen molar-refractivity contribution in [2.24, 2.45) is 11.1 Å². The van der Waals surface area contributed by atoms with Crippen LogP contribution >= 0.6 is 0 Å². The van der Waals surface area contributed by atoms with E-state index in [4.69, 9.17) is 10.2 Å². The van der Waals surface area contributed by atoms with Crippen LogP contribution < -0.4 is 5.73 Å².